The number of amides is 5. The summed E-state index contributed by atoms with van der Waals surface area (Å²) in [7, 11) is 1.60. The molecule has 0 fully saturated rings. The minimum absolute atomic E-state index is 0.00718. The van der Waals surface area contributed by atoms with Crippen LogP contribution in [0.5, 0.6) is 5.75 Å². The molecule has 0 saturated carbocycles. The highest BCUT2D eigenvalue weighted by Crippen LogP contribution is 2.23. The van der Waals surface area contributed by atoms with Crippen molar-refractivity contribution in [3.63, 3.8) is 0 Å². The summed E-state index contributed by atoms with van der Waals surface area (Å²) in [6, 6.07) is 35.0. The Hall–Kier alpha value is -7.28. The topological polar surface area (TPSA) is 192 Å². The van der Waals surface area contributed by atoms with Crippen molar-refractivity contribution in [1.29, 1.82) is 0 Å². The molecule has 5 amide bonds. The van der Waals surface area contributed by atoms with E-state index in [0.717, 1.165) is 22.4 Å². The Bertz CT molecular complexity index is 2290. The molecule has 0 saturated heterocycles. The zero-order chi connectivity index (χ0) is 43.1. The number of fused-ring (bicyclic) bond motifs is 18. The standard InChI is InChI=1S/C48H49N5O8/c1-61-38-23-19-36(20-24-38)35-17-12-33(13-18-35)29-41-46(57)52-40(28-32-10-6-3-7-11-32)47(58)53-42(48(59)60)30-34-14-21-37(22-15-34)49-43(54)26-27-44(55)50-39(45(56)51-41)25-16-31-8-4-2-5-9-31/h2-15,17-24,39-42H,16,25-30H2,1H3,(H,49,54)(H,50,55)(H,51,56)(H,52,57)(H,53,58)(H,59,60)/t39-,40-,41+,42+/m1/s1. The number of aliphatic carboxylic acids is 1. The minimum Gasteiger partial charge on any atom is -0.497 e. The van der Waals surface area contributed by atoms with Crippen molar-refractivity contribution in [2.75, 3.05) is 12.4 Å². The highest BCUT2D eigenvalue weighted by molar-refractivity contribution is 5.96. The lowest BCUT2D eigenvalue weighted by molar-refractivity contribution is -0.142. The first-order chi connectivity index (χ1) is 29.5. The van der Waals surface area contributed by atoms with Gasteiger partial charge in [-0.3, -0.25) is 24.0 Å². The molecule has 2 bridgehead atoms. The first kappa shape index (κ1) is 43.3. The van der Waals surface area contributed by atoms with Crippen LogP contribution in [0, 0.1) is 0 Å². The summed E-state index contributed by atoms with van der Waals surface area (Å²) in [6.07, 6.45) is 0.160. The van der Waals surface area contributed by atoms with Crippen LogP contribution in [0.1, 0.15) is 41.5 Å². The molecule has 0 aliphatic carbocycles. The van der Waals surface area contributed by atoms with Gasteiger partial charge >= 0.3 is 5.97 Å². The van der Waals surface area contributed by atoms with Gasteiger partial charge in [0.1, 0.15) is 29.9 Å². The van der Waals surface area contributed by atoms with Gasteiger partial charge in [0.2, 0.25) is 29.5 Å². The lowest BCUT2D eigenvalue weighted by Gasteiger charge is -2.26. The van der Waals surface area contributed by atoms with Crippen LogP contribution < -0.4 is 31.3 Å². The number of anilines is 1. The SMILES string of the molecule is COc1ccc(-c2ccc(C[C@@H]3NC(=O)[C@@H](CCc4ccccc4)NC(=O)CCC(=O)Nc4ccc(cc4)C[C@@H](C(=O)O)NC(=O)[C@@H](Cc4ccccc4)NC3=O)cc2)cc1. The normalized spacial score (nSPS) is 19.3. The van der Waals surface area contributed by atoms with Crippen molar-refractivity contribution in [2.24, 2.45) is 0 Å². The number of carboxylic acid groups (broad SMARTS) is 1. The molecule has 13 nitrogen and oxygen atoms in total. The van der Waals surface area contributed by atoms with Crippen LogP contribution in [0.25, 0.3) is 11.1 Å². The fourth-order valence-corrected chi connectivity index (χ4v) is 7.04. The van der Waals surface area contributed by atoms with Gasteiger partial charge in [-0.1, -0.05) is 109 Å². The third kappa shape index (κ3) is 12.9. The summed E-state index contributed by atoms with van der Waals surface area (Å²) >= 11 is 0. The Balaban J connectivity index is 1.33. The number of hydrogen-bond donors (Lipinski definition) is 6. The molecule has 6 N–H and O–H groups in total. The smallest absolute Gasteiger partial charge is 0.326 e. The molecule has 0 spiro atoms. The number of methoxy groups -OCH3 is 1. The van der Waals surface area contributed by atoms with E-state index in [4.69, 9.17) is 4.74 Å². The Labute approximate surface area is 354 Å². The third-order valence-electron chi connectivity index (χ3n) is 10.5. The second kappa shape index (κ2) is 21.1. The summed E-state index contributed by atoms with van der Waals surface area (Å²) in [5.41, 5.74) is 5.18. The van der Waals surface area contributed by atoms with E-state index in [-0.39, 0.29) is 38.5 Å². The zero-order valence-electron chi connectivity index (χ0n) is 33.8. The van der Waals surface area contributed by atoms with Crippen molar-refractivity contribution in [2.45, 2.75) is 69.1 Å². The molecule has 0 aromatic heterocycles. The van der Waals surface area contributed by atoms with E-state index < -0.39 is 59.7 Å². The first-order valence-electron chi connectivity index (χ1n) is 20.2. The Kier molecular flexibility index (Phi) is 15.0. The van der Waals surface area contributed by atoms with Gasteiger partial charge in [0.25, 0.3) is 0 Å². The number of rotatable bonds is 10. The van der Waals surface area contributed by atoms with E-state index >= 15 is 0 Å². The number of carboxylic acids is 1. The summed E-state index contributed by atoms with van der Waals surface area (Å²) in [4.78, 5) is 81.5. The maximum atomic E-state index is 14.5. The van der Waals surface area contributed by atoms with Crippen molar-refractivity contribution < 1.29 is 38.6 Å². The maximum Gasteiger partial charge on any atom is 0.326 e. The highest BCUT2D eigenvalue weighted by atomic mass is 16.5. The van der Waals surface area contributed by atoms with Gasteiger partial charge in [-0.25, -0.2) is 4.79 Å². The molecule has 0 radical (unpaired) electrons. The van der Waals surface area contributed by atoms with Gasteiger partial charge in [-0.2, -0.15) is 0 Å². The number of hydrogen-bond acceptors (Lipinski definition) is 7. The van der Waals surface area contributed by atoms with E-state index in [1.54, 1.807) is 55.6 Å². The third-order valence-corrected chi connectivity index (χ3v) is 10.5. The van der Waals surface area contributed by atoms with Crippen molar-refractivity contribution in [1.82, 2.24) is 21.3 Å². The summed E-state index contributed by atoms with van der Waals surface area (Å²) in [6.45, 7) is 0. The van der Waals surface area contributed by atoms with Crippen LogP contribution >= 0.6 is 0 Å². The van der Waals surface area contributed by atoms with Crippen LogP contribution in [0.3, 0.4) is 0 Å². The summed E-state index contributed by atoms with van der Waals surface area (Å²) < 4.78 is 5.29. The monoisotopic (exact) mass is 823 g/mol. The number of aryl methyl sites for hydroxylation is 1. The van der Waals surface area contributed by atoms with Gasteiger partial charge < -0.3 is 36.4 Å². The van der Waals surface area contributed by atoms with Crippen LogP contribution in [-0.2, 0) is 54.5 Å². The predicted molar refractivity (Wildman–Crippen MR) is 230 cm³/mol. The Morgan fingerprint density at radius 1 is 0.574 bits per heavy atom. The average molecular weight is 824 g/mol. The molecular formula is C48H49N5O8. The lowest BCUT2D eigenvalue weighted by Crippen LogP contribution is -2.59. The van der Waals surface area contributed by atoms with Crippen LogP contribution in [0.4, 0.5) is 5.69 Å². The van der Waals surface area contributed by atoms with Gasteiger partial charge in [-0.05, 0) is 70.5 Å². The van der Waals surface area contributed by atoms with E-state index in [0.29, 0.717) is 28.8 Å². The summed E-state index contributed by atoms with van der Waals surface area (Å²) in [5.74, 6) is -3.59. The molecule has 13 heteroatoms. The first-order valence-corrected chi connectivity index (χ1v) is 20.2. The fraction of sp³-hybridized carbons (Fsp3) is 0.250. The highest BCUT2D eigenvalue weighted by Gasteiger charge is 2.32. The number of carbonyl (C=O) groups is 6. The predicted octanol–water partition coefficient (Wildman–Crippen LogP) is 4.78. The molecule has 7 rings (SSSR count). The van der Waals surface area contributed by atoms with Crippen LogP contribution in [0.15, 0.2) is 133 Å². The molecule has 2 aliphatic rings. The molecule has 314 valence electrons. The number of carbonyl (C=O) groups excluding carboxylic acids is 5. The largest absolute Gasteiger partial charge is 0.497 e. The second-order valence-corrected chi connectivity index (χ2v) is 14.9. The van der Waals surface area contributed by atoms with E-state index in [1.807, 2.05) is 84.9 Å². The van der Waals surface area contributed by atoms with E-state index in [9.17, 15) is 33.9 Å². The van der Waals surface area contributed by atoms with Gasteiger partial charge in [0, 0.05) is 37.8 Å². The van der Waals surface area contributed by atoms with Crippen molar-refractivity contribution in [3.05, 3.63) is 156 Å². The number of ether oxygens (including phenoxy) is 1. The van der Waals surface area contributed by atoms with Gasteiger partial charge in [0.05, 0.1) is 7.11 Å². The Morgan fingerprint density at radius 3 is 1.66 bits per heavy atom. The second-order valence-electron chi connectivity index (χ2n) is 14.9. The summed E-state index contributed by atoms with van der Waals surface area (Å²) in [5, 5.41) is 24.0. The lowest BCUT2D eigenvalue weighted by atomic mass is 9.98. The van der Waals surface area contributed by atoms with Crippen molar-refractivity contribution >= 4 is 41.2 Å². The zero-order valence-corrected chi connectivity index (χ0v) is 33.8. The maximum absolute atomic E-state index is 14.5. The number of nitrogens with one attached hydrogen (secondary N) is 5. The molecule has 2 heterocycles. The molecule has 2 aliphatic heterocycles. The quantitative estimate of drug-likeness (QED) is 0.109. The van der Waals surface area contributed by atoms with E-state index in [2.05, 4.69) is 26.6 Å². The molecule has 0 unspecified atom stereocenters. The van der Waals surface area contributed by atoms with Gasteiger partial charge in [0.15, 0.2) is 0 Å². The molecule has 61 heavy (non-hydrogen) atoms. The molecule has 4 atom stereocenters. The van der Waals surface area contributed by atoms with Crippen LogP contribution in [-0.4, -0.2) is 71.9 Å². The number of benzene rings is 5. The van der Waals surface area contributed by atoms with Crippen LogP contribution in [0.2, 0.25) is 0 Å². The average Bonchev–Trinajstić information content (AvgIpc) is 3.27. The van der Waals surface area contributed by atoms with E-state index in [1.165, 1.54) is 0 Å². The van der Waals surface area contributed by atoms with Gasteiger partial charge in [-0.15, -0.1) is 0 Å². The molecule has 5 aromatic carbocycles. The minimum atomic E-state index is -1.36. The fourth-order valence-electron chi connectivity index (χ4n) is 7.04. The van der Waals surface area contributed by atoms with Crippen molar-refractivity contribution in [3.8, 4) is 16.9 Å². The molecule has 5 aromatic rings. The Morgan fingerprint density at radius 2 is 1.08 bits per heavy atom. The molecular weight excluding hydrogens is 775 g/mol.